The molecule has 0 aliphatic carbocycles. The lowest BCUT2D eigenvalue weighted by Gasteiger charge is -2.19. The molecule has 1 aromatic heterocycles. The summed E-state index contributed by atoms with van der Waals surface area (Å²) in [5, 5.41) is 3.76. The first-order valence-electron chi connectivity index (χ1n) is 9.71. The molecule has 0 saturated heterocycles. The zero-order valence-electron chi connectivity index (χ0n) is 17.7. The fraction of sp³-hybridized carbons (Fsp3) is 0.333. The quantitative estimate of drug-likeness (QED) is 0.457. The molecule has 0 radical (unpaired) electrons. The summed E-state index contributed by atoms with van der Waals surface area (Å²) in [7, 11) is 4.59. The Kier molecular flexibility index (Phi) is 5.72. The number of ether oxygens (including phenoxy) is 5. The Morgan fingerprint density at radius 1 is 1.00 bits per heavy atom. The van der Waals surface area contributed by atoms with Crippen molar-refractivity contribution in [1.29, 1.82) is 0 Å². The van der Waals surface area contributed by atoms with Crippen LogP contribution in [-0.4, -0.2) is 51.2 Å². The zero-order valence-corrected chi connectivity index (χ0v) is 17.7. The number of hydrogen-bond donors (Lipinski definition) is 3. The van der Waals surface area contributed by atoms with Crippen LogP contribution in [0.1, 0.15) is 11.3 Å². The number of anilines is 2. The molecule has 1 aliphatic rings. The summed E-state index contributed by atoms with van der Waals surface area (Å²) in [6.07, 6.45) is 0.468. The van der Waals surface area contributed by atoms with Crippen LogP contribution in [0, 0.1) is 0 Å². The summed E-state index contributed by atoms with van der Waals surface area (Å²) in [6, 6.07) is 5.77. The van der Waals surface area contributed by atoms with Crippen LogP contribution in [0.2, 0.25) is 0 Å². The van der Waals surface area contributed by atoms with Gasteiger partial charge in [0, 0.05) is 19.5 Å². The van der Waals surface area contributed by atoms with Crippen LogP contribution in [0.15, 0.2) is 18.2 Å². The number of methoxy groups -OCH3 is 3. The van der Waals surface area contributed by atoms with Gasteiger partial charge in [0.2, 0.25) is 18.5 Å². The second-order valence-electron chi connectivity index (χ2n) is 6.81. The molecule has 0 saturated carbocycles. The van der Waals surface area contributed by atoms with Crippen LogP contribution in [0.5, 0.6) is 28.7 Å². The van der Waals surface area contributed by atoms with Crippen LogP contribution in [-0.2, 0) is 6.42 Å². The van der Waals surface area contributed by atoms with Crippen molar-refractivity contribution in [3.63, 3.8) is 0 Å². The van der Waals surface area contributed by atoms with Crippen LogP contribution in [0.3, 0.4) is 0 Å². The summed E-state index contributed by atoms with van der Waals surface area (Å²) in [4.78, 5) is 9.34. The Bertz CT molecular complexity index is 1120. The third-order valence-corrected chi connectivity index (χ3v) is 4.97. The van der Waals surface area contributed by atoms with Crippen LogP contribution in [0.4, 0.5) is 11.6 Å². The van der Waals surface area contributed by atoms with Gasteiger partial charge in [-0.2, -0.15) is 0 Å². The predicted molar refractivity (Wildman–Crippen MR) is 117 cm³/mol. The smallest absolute Gasteiger partial charge is 0.231 e. The molecule has 0 amide bonds. The molecule has 164 valence electrons. The van der Waals surface area contributed by atoms with Gasteiger partial charge in [-0.15, -0.1) is 0 Å². The van der Waals surface area contributed by atoms with Gasteiger partial charge in [-0.1, -0.05) is 6.07 Å². The SMILES string of the molecule is COc1c(OC)c(N)c2c(Cc3ccc4c(c3)OCO4)nc(NCCN)nc2c1OC. The molecular formula is C21H25N5O5. The van der Waals surface area contributed by atoms with Gasteiger partial charge in [0.05, 0.1) is 38.1 Å². The van der Waals surface area contributed by atoms with Crippen molar-refractivity contribution < 1.29 is 23.7 Å². The Morgan fingerprint density at radius 3 is 2.45 bits per heavy atom. The molecule has 0 fully saturated rings. The van der Waals surface area contributed by atoms with Crippen LogP contribution >= 0.6 is 0 Å². The molecule has 1 aliphatic heterocycles. The topological polar surface area (TPSA) is 136 Å². The van der Waals surface area contributed by atoms with E-state index in [2.05, 4.69) is 10.3 Å². The Labute approximate surface area is 179 Å². The van der Waals surface area contributed by atoms with E-state index in [0.717, 1.165) is 5.56 Å². The number of nitrogens with two attached hydrogens (primary N) is 2. The maximum Gasteiger partial charge on any atom is 0.231 e. The maximum atomic E-state index is 6.50. The number of nitrogens with one attached hydrogen (secondary N) is 1. The minimum atomic E-state index is 0.212. The van der Waals surface area contributed by atoms with Crippen molar-refractivity contribution in [3.8, 4) is 28.7 Å². The summed E-state index contributed by atoms with van der Waals surface area (Å²) in [5.41, 5.74) is 14.7. The van der Waals surface area contributed by atoms with Gasteiger partial charge < -0.3 is 40.5 Å². The van der Waals surface area contributed by atoms with Crippen molar-refractivity contribution in [3.05, 3.63) is 29.5 Å². The number of rotatable bonds is 8. The average Bonchev–Trinajstić information content (AvgIpc) is 3.25. The monoisotopic (exact) mass is 427 g/mol. The van der Waals surface area contributed by atoms with Crippen molar-refractivity contribution in [2.24, 2.45) is 5.73 Å². The molecule has 10 heteroatoms. The molecule has 0 unspecified atom stereocenters. The minimum absolute atomic E-state index is 0.212. The van der Waals surface area contributed by atoms with Crippen LogP contribution in [0.25, 0.3) is 10.9 Å². The van der Waals surface area contributed by atoms with Gasteiger partial charge in [0.25, 0.3) is 0 Å². The number of aromatic nitrogens is 2. The Hall–Kier alpha value is -3.66. The first-order valence-corrected chi connectivity index (χ1v) is 9.71. The van der Waals surface area contributed by atoms with Crippen molar-refractivity contribution in [2.45, 2.75) is 6.42 Å². The maximum absolute atomic E-state index is 6.50. The van der Waals surface area contributed by atoms with E-state index >= 15 is 0 Å². The zero-order chi connectivity index (χ0) is 22.0. The van der Waals surface area contributed by atoms with Gasteiger partial charge >= 0.3 is 0 Å². The lowest BCUT2D eigenvalue weighted by molar-refractivity contribution is 0.174. The van der Waals surface area contributed by atoms with Gasteiger partial charge in [0.1, 0.15) is 5.52 Å². The van der Waals surface area contributed by atoms with Crippen molar-refractivity contribution in [2.75, 3.05) is 52.3 Å². The van der Waals surface area contributed by atoms with E-state index in [0.29, 0.717) is 76.5 Å². The van der Waals surface area contributed by atoms with Gasteiger partial charge in [-0.3, -0.25) is 0 Å². The van der Waals surface area contributed by atoms with E-state index in [1.165, 1.54) is 14.2 Å². The van der Waals surface area contributed by atoms with E-state index in [1.54, 1.807) is 7.11 Å². The third-order valence-electron chi connectivity index (χ3n) is 4.97. The van der Waals surface area contributed by atoms with E-state index in [1.807, 2.05) is 18.2 Å². The highest BCUT2D eigenvalue weighted by Gasteiger charge is 2.25. The molecular weight excluding hydrogens is 402 g/mol. The number of hydrogen-bond acceptors (Lipinski definition) is 10. The Morgan fingerprint density at radius 2 is 1.74 bits per heavy atom. The molecule has 2 aromatic carbocycles. The molecule has 3 aromatic rings. The normalized spacial score (nSPS) is 12.1. The number of nitrogen functional groups attached to an aromatic ring is 1. The summed E-state index contributed by atoms with van der Waals surface area (Å²) in [5.74, 6) is 2.97. The molecule has 2 heterocycles. The molecule has 0 atom stereocenters. The predicted octanol–water partition coefficient (Wildman–Crippen LogP) is 1.93. The molecule has 5 N–H and O–H groups in total. The second kappa shape index (κ2) is 8.60. The summed E-state index contributed by atoms with van der Waals surface area (Å²) < 4.78 is 27.6. The Balaban J connectivity index is 1.93. The average molecular weight is 427 g/mol. The summed E-state index contributed by atoms with van der Waals surface area (Å²) >= 11 is 0. The first-order chi connectivity index (χ1) is 15.1. The molecule has 4 rings (SSSR count). The van der Waals surface area contributed by atoms with E-state index < -0.39 is 0 Å². The fourth-order valence-electron chi connectivity index (χ4n) is 3.61. The van der Waals surface area contributed by atoms with Crippen LogP contribution < -0.4 is 40.5 Å². The van der Waals surface area contributed by atoms with E-state index in [9.17, 15) is 0 Å². The number of fused-ring (bicyclic) bond motifs is 2. The molecule has 0 spiro atoms. The second-order valence-corrected chi connectivity index (χ2v) is 6.81. The van der Waals surface area contributed by atoms with E-state index in [-0.39, 0.29) is 6.79 Å². The number of benzene rings is 2. The molecule has 0 bridgehead atoms. The highest BCUT2D eigenvalue weighted by molar-refractivity contribution is 6.02. The lowest BCUT2D eigenvalue weighted by atomic mass is 10.0. The number of nitrogens with zero attached hydrogens (tertiary/aromatic N) is 2. The van der Waals surface area contributed by atoms with Crippen molar-refractivity contribution in [1.82, 2.24) is 9.97 Å². The van der Waals surface area contributed by atoms with Gasteiger partial charge in [-0.25, -0.2) is 9.97 Å². The summed E-state index contributed by atoms with van der Waals surface area (Å²) in [6.45, 7) is 1.16. The third kappa shape index (κ3) is 3.66. The van der Waals surface area contributed by atoms with Gasteiger partial charge in [0.15, 0.2) is 23.0 Å². The van der Waals surface area contributed by atoms with E-state index in [4.69, 9.17) is 40.1 Å². The lowest BCUT2D eigenvalue weighted by Crippen LogP contribution is -2.16. The standard InChI is InChI=1S/C21H25N5O5/c1-27-18-16(23)15-12(8-11-4-5-13-14(9-11)31-10-30-13)25-21(24-7-6-22)26-17(15)19(28-2)20(18)29-3/h4-5,9H,6-8,10,22-23H2,1-3H3,(H,24,25,26). The first kappa shape index (κ1) is 20.6. The highest BCUT2D eigenvalue weighted by Crippen LogP contribution is 2.48. The fourth-order valence-corrected chi connectivity index (χ4v) is 3.61. The molecule has 31 heavy (non-hydrogen) atoms. The minimum Gasteiger partial charge on any atom is -0.491 e. The van der Waals surface area contributed by atoms with Gasteiger partial charge in [-0.05, 0) is 17.7 Å². The molecule has 10 nitrogen and oxygen atoms in total. The van der Waals surface area contributed by atoms with Crippen molar-refractivity contribution >= 4 is 22.5 Å². The highest BCUT2D eigenvalue weighted by atomic mass is 16.7. The largest absolute Gasteiger partial charge is 0.491 e.